The Hall–Kier alpha value is -5.14. The summed E-state index contributed by atoms with van der Waals surface area (Å²) in [4.78, 5) is 0. The molecule has 0 N–H and O–H groups in total. The molecule has 0 spiro atoms. The molecule has 0 saturated carbocycles. The average molecular weight is 529 g/mol. The molecular formula is C40H32O. The number of fused-ring (bicyclic) bond motifs is 2. The number of ether oxygens (including phenoxy) is 1. The van der Waals surface area contributed by atoms with Crippen LogP contribution < -0.4 is 4.74 Å². The number of allylic oxidation sites excluding steroid dienone is 4. The molecular weight excluding hydrogens is 496 g/mol. The second-order valence-corrected chi connectivity index (χ2v) is 10.2. The van der Waals surface area contributed by atoms with Crippen LogP contribution in [-0.2, 0) is 0 Å². The molecule has 0 amide bonds. The summed E-state index contributed by atoms with van der Waals surface area (Å²) >= 11 is 0. The minimum absolute atomic E-state index is 0.806. The smallest absolute Gasteiger partial charge is 0.135 e. The van der Waals surface area contributed by atoms with Crippen LogP contribution in [0.15, 0.2) is 118 Å². The lowest BCUT2D eigenvalue weighted by Gasteiger charge is -2.29. The summed E-state index contributed by atoms with van der Waals surface area (Å²) in [6.07, 6.45) is 15.7. The van der Waals surface area contributed by atoms with E-state index < -0.39 is 0 Å². The third kappa shape index (κ3) is 3.93. The van der Waals surface area contributed by atoms with Crippen LogP contribution in [0, 0.1) is 0 Å². The van der Waals surface area contributed by atoms with Gasteiger partial charge in [0.05, 0.1) is 0 Å². The lowest BCUT2D eigenvalue weighted by molar-refractivity contribution is 0.428. The van der Waals surface area contributed by atoms with Gasteiger partial charge in [-0.15, -0.1) is 0 Å². The van der Waals surface area contributed by atoms with Crippen LogP contribution in [0.25, 0.3) is 69.0 Å². The van der Waals surface area contributed by atoms with Crippen LogP contribution in [-0.4, -0.2) is 0 Å². The molecule has 6 rings (SSSR count). The standard InChI is InChI=1S/C40H32O/c1-7-26-17-16-21-32(27(26)8-2)39-28(9-3)29(10-4)40(34-20-13-12-19-33(34)39)35-23-24-37-38(30(35)11-5)25(6)31-18-14-15-22-36(31)41-37/h7-13,15-17,19-24H,1-6,14,18H2. The summed E-state index contributed by atoms with van der Waals surface area (Å²) in [5.74, 6) is 1.70. The van der Waals surface area contributed by atoms with Crippen LogP contribution in [0.2, 0.25) is 0 Å². The third-order valence-corrected chi connectivity index (χ3v) is 8.23. The Morgan fingerprint density at radius 3 is 1.85 bits per heavy atom. The zero-order valence-electron chi connectivity index (χ0n) is 23.3. The Morgan fingerprint density at radius 1 is 0.610 bits per heavy atom. The highest BCUT2D eigenvalue weighted by Gasteiger charge is 2.28. The van der Waals surface area contributed by atoms with Crippen molar-refractivity contribution in [3.63, 3.8) is 0 Å². The highest BCUT2D eigenvalue weighted by molar-refractivity contribution is 6.14. The maximum Gasteiger partial charge on any atom is 0.135 e. The molecule has 41 heavy (non-hydrogen) atoms. The second kappa shape index (κ2) is 10.4. The van der Waals surface area contributed by atoms with E-state index in [1.807, 2.05) is 30.4 Å². The highest BCUT2D eigenvalue weighted by Crippen LogP contribution is 2.50. The number of rotatable bonds is 7. The predicted octanol–water partition coefficient (Wildman–Crippen LogP) is 11.4. The summed E-state index contributed by atoms with van der Waals surface area (Å²) in [6, 6.07) is 19.0. The second-order valence-electron chi connectivity index (χ2n) is 10.2. The van der Waals surface area contributed by atoms with E-state index >= 15 is 0 Å². The number of hydrogen-bond donors (Lipinski definition) is 0. The van der Waals surface area contributed by atoms with Gasteiger partial charge in [-0.05, 0) is 97.5 Å². The van der Waals surface area contributed by atoms with Crippen molar-refractivity contribution in [2.24, 2.45) is 0 Å². The van der Waals surface area contributed by atoms with Crippen molar-refractivity contribution >= 4 is 46.7 Å². The van der Waals surface area contributed by atoms with Crippen LogP contribution in [0.3, 0.4) is 0 Å². The molecule has 1 aliphatic heterocycles. The van der Waals surface area contributed by atoms with Crippen LogP contribution >= 0.6 is 0 Å². The van der Waals surface area contributed by atoms with Crippen molar-refractivity contribution in [1.29, 1.82) is 0 Å². The summed E-state index contributed by atoms with van der Waals surface area (Å²) in [7, 11) is 0. The van der Waals surface area contributed by atoms with E-state index in [1.54, 1.807) is 0 Å². The molecule has 0 unspecified atom stereocenters. The Bertz CT molecular complexity index is 1900. The molecule has 1 heterocycles. The van der Waals surface area contributed by atoms with Crippen LogP contribution in [0.5, 0.6) is 5.75 Å². The molecule has 0 atom stereocenters. The quantitative estimate of drug-likeness (QED) is 0.232. The molecule has 0 radical (unpaired) electrons. The fraction of sp³-hybridized carbons (Fsp3) is 0.0500. The van der Waals surface area contributed by atoms with Crippen LogP contribution in [0.1, 0.15) is 46.2 Å². The first-order valence-electron chi connectivity index (χ1n) is 13.9. The van der Waals surface area contributed by atoms with Gasteiger partial charge < -0.3 is 4.74 Å². The molecule has 198 valence electrons. The maximum atomic E-state index is 6.38. The highest BCUT2D eigenvalue weighted by atomic mass is 16.5. The molecule has 0 bridgehead atoms. The van der Waals surface area contributed by atoms with E-state index in [4.69, 9.17) is 4.74 Å². The van der Waals surface area contributed by atoms with Gasteiger partial charge in [-0.25, -0.2) is 0 Å². The van der Waals surface area contributed by atoms with Gasteiger partial charge in [0.25, 0.3) is 0 Å². The minimum Gasteiger partial charge on any atom is -0.456 e. The normalized spacial score (nSPS) is 13.7. The van der Waals surface area contributed by atoms with Gasteiger partial charge >= 0.3 is 0 Å². The molecule has 4 aromatic rings. The predicted molar refractivity (Wildman–Crippen MR) is 180 cm³/mol. The van der Waals surface area contributed by atoms with Crippen molar-refractivity contribution in [3.8, 4) is 28.0 Å². The molecule has 1 heteroatoms. The van der Waals surface area contributed by atoms with Gasteiger partial charge in [-0.1, -0.05) is 118 Å². The summed E-state index contributed by atoms with van der Waals surface area (Å²) in [5.41, 5.74) is 12.6. The first kappa shape index (κ1) is 26.1. The largest absolute Gasteiger partial charge is 0.456 e. The van der Waals surface area contributed by atoms with Gasteiger partial charge in [-0.3, -0.25) is 0 Å². The molecule has 1 nitrogen and oxygen atoms in total. The molecule has 0 aromatic heterocycles. The summed E-state index contributed by atoms with van der Waals surface area (Å²) < 4.78 is 6.38. The van der Waals surface area contributed by atoms with Crippen molar-refractivity contribution in [2.45, 2.75) is 12.8 Å². The Morgan fingerprint density at radius 2 is 1.24 bits per heavy atom. The average Bonchev–Trinajstić information content (AvgIpc) is 3.02. The first-order valence-corrected chi connectivity index (χ1v) is 13.9. The molecule has 0 fully saturated rings. The molecule has 2 aliphatic rings. The SMILES string of the molecule is C=Cc1cccc(-c2c(C=C)c(C=C)c(-c3ccc4c(c3C=C)C(=C)C3=C(C=CCC3)O4)c3ccccc23)c1C=C. The fourth-order valence-corrected chi connectivity index (χ4v) is 6.42. The summed E-state index contributed by atoms with van der Waals surface area (Å²) in [5, 5.41) is 2.24. The fourth-order valence-electron chi connectivity index (χ4n) is 6.42. The van der Waals surface area contributed by atoms with Gasteiger partial charge in [0.1, 0.15) is 11.5 Å². The molecule has 4 aromatic carbocycles. The monoisotopic (exact) mass is 528 g/mol. The van der Waals surface area contributed by atoms with Gasteiger partial charge in [-0.2, -0.15) is 0 Å². The van der Waals surface area contributed by atoms with E-state index in [0.29, 0.717) is 0 Å². The Labute approximate surface area is 242 Å². The van der Waals surface area contributed by atoms with E-state index in [9.17, 15) is 0 Å². The zero-order valence-corrected chi connectivity index (χ0v) is 23.3. The maximum absolute atomic E-state index is 6.38. The zero-order chi connectivity index (χ0) is 28.7. The number of benzene rings is 4. The van der Waals surface area contributed by atoms with E-state index in [-0.39, 0.29) is 0 Å². The Kier molecular flexibility index (Phi) is 6.65. The molecule has 1 aliphatic carbocycles. The molecule has 0 saturated heterocycles. The van der Waals surface area contributed by atoms with Crippen molar-refractivity contribution in [1.82, 2.24) is 0 Å². The third-order valence-electron chi connectivity index (χ3n) is 8.23. The lowest BCUT2D eigenvalue weighted by Crippen LogP contribution is -2.12. The van der Waals surface area contributed by atoms with E-state index in [2.05, 4.69) is 106 Å². The van der Waals surface area contributed by atoms with Crippen molar-refractivity contribution in [2.75, 3.05) is 0 Å². The van der Waals surface area contributed by atoms with Gasteiger partial charge in [0.2, 0.25) is 0 Å². The van der Waals surface area contributed by atoms with Crippen LogP contribution in [0.4, 0.5) is 0 Å². The first-order chi connectivity index (χ1) is 20.1. The lowest BCUT2D eigenvalue weighted by atomic mass is 9.79. The van der Waals surface area contributed by atoms with Gasteiger partial charge in [0, 0.05) is 11.1 Å². The van der Waals surface area contributed by atoms with E-state index in [1.165, 1.54) is 0 Å². The van der Waals surface area contributed by atoms with Gasteiger partial charge in [0.15, 0.2) is 0 Å². The minimum atomic E-state index is 0.806. The Balaban J connectivity index is 1.72. The summed E-state index contributed by atoms with van der Waals surface area (Å²) in [6.45, 7) is 25.5. The van der Waals surface area contributed by atoms with Crippen molar-refractivity contribution < 1.29 is 4.74 Å². The topological polar surface area (TPSA) is 9.23 Å². The number of hydrogen-bond acceptors (Lipinski definition) is 1. The van der Waals surface area contributed by atoms with E-state index in [0.717, 1.165) is 102 Å². The van der Waals surface area contributed by atoms with Crippen molar-refractivity contribution in [3.05, 3.63) is 151 Å².